The van der Waals surface area contributed by atoms with Gasteiger partial charge in [-0.25, -0.2) is 8.42 Å². The third kappa shape index (κ3) is 2.63. The van der Waals surface area contributed by atoms with E-state index in [0.29, 0.717) is 30.9 Å². The number of benzene rings is 1. The van der Waals surface area contributed by atoms with E-state index in [-0.39, 0.29) is 10.6 Å². The fourth-order valence-corrected chi connectivity index (χ4v) is 4.90. The second kappa shape index (κ2) is 6.15. The quantitative estimate of drug-likeness (QED) is 0.512. The molecule has 0 radical (unpaired) electrons. The van der Waals surface area contributed by atoms with Crippen molar-refractivity contribution >= 4 is 21.4 Å². The normalized spacial score (nSPS) is 18.4. The number of aromatic nitrogens is 3. The Morgan fingerprint density at radius 2 is 1.88 bits per heavy atom. The van der Waals surface area contributed by atoms with E-state index in [1.807, 2.05) is 12.1 Å². The highest BCUT2D eigenvalue weighted by atomic mass is 32.2. The van der Waals surface area contributed by atoms with Crippen LogP contribution in [0.1, 0.15) is 24.7 Å². The monoisotopic (exact) mass is 373 g/mol. The topological polar surface area (TPSA) is 111 Å². The number of rotatable bonds is 4. The number of sulfonamides is 1. The van der Waals surface area contributed by atoms with E-state index >= 15 is 0 Å². The molecule has 3 aromatic rings. The Labute approximate surface area is 149 Å². The molecule has 0 amide bonds. The summed E-state index contributed by atoms with van der Waals surface area (Å²) in [5, 5.41) is 19.1. The highest BCUT2D eigenvalue weighted by Crippen LogP contribution is 2.36. The summed E-state index contributed by atoms with van der Waals surface area (Å²) in [6.07, 6.45) is 3.15. The predicted octanol–water partition coefficient (Wildman–Crippen LogP) is 2.16. The minimum atomic E-state index is -3.80. The molecule has 0 spiro atoms. The van der Waals surface area contributed by atoms with Crippen LogP contribution in [0, 0.1) is 10.1 Å². The lowest BCUT2D eigenvalue weighted by atomic mass is 10.2. The molecule has 1 aromatic carbocycles. The molecule has 9 nitrogen and oxygen atoms in total. The van der Waals surface area contributed by atoms with Gasteiger partial charge in [-0.05, 0) is 37.1 Å². The summed E-state index contributed by atoms with van der Waals surface area (Å²) in [4.78, 5) is 10.3. The van der Waals surface area contributed by atoms with E-state index in [1.165, 1.54) is 28.6 Å². The van der Waals surface area contributed by atoms with Crippen molar-refractivity contribution in [2.24, 2.45) is 0 Å². The van der Waals surface area contributed by atoms with Gasteiger partial charge in [-0.15, -0.1) is 10.2 Å². The Hall–Kier alpha value is -2.85. The standard InChI is InChI=1S/C16H15N5O4S/c22-21(23)12-6-8-13(9-7-12)26(24,25)20-11-3-4-14(20)16-18-17-15-5-1-2-10-19(15)16/h1-2,5-10,14H,3-4,11H2. The lowest BCUT2D eigenvalue weighted by molar-refractivity contribution is -0.384. The molecule has 1 aliphatic heterocycles. The maximum Gasteiger partial charge on any atom is 0.269 e. The molecular formula is C16H15N5O4S. The molecule has 1 saturated heterocycles. The van der Waals surface area contributed by atoms with Gasteiger partial charge in [0, 0.05) is 24.9 Å². The lowest BCUT2D eigenvalue weighted by Gasteiger charge is -2.22. The molecule has 10 heteroatoms. The Balaban J connectivity index is 1.72. The summed E-state index contributed by atoms with van der Waals surface area (Å²) in [5.74, 6) is 0.573. The molecule has 4 rings (SSSR count). The van der Waals surface area contributed by atoms with Crippen molar-refractivity contribution in [1.82, 2.24) is 18.9 Å². The van der Waals surface area contributed by atoms with Gasteiger partial charge >= 0.3 is 0 Å². The lowest BCUT2D eigenvalue weighted by Crippen LogP contribution is -2.31. The molecule has 1 fully saturated rings. The van der Waals surface area contributed by atoms with Crippen molar-refractivity contribution in [2.45, 2.75) is 23.8 Å². The van der Waals surface area contributed by atoms with Gasteiger partial charge in [0.1, 0.15) is 0 Å². The average Bonchev–Trinajstić information content (AvgIpc) is 3.28. The zero-order chi connectivity index (χ0) is 18.3. The number of nitrogens with zero attached hydrogens (tertiary/aromatic N) is 5. The first kappa shape index (κ1) is 16.6. The summed E-state index contributed by atoms with van der Waals surface area (Å²) in [6.45, 7) is 0.367. The van der Waals surface area contributed by atoms with Gasteiger partial charge in [0.25, 0.3) is 5.69 Å². The molecule has 134 valence electrons. The molecule has 26 heavy (non-hydrogen) atoms. The fourth-order valence-electron chi connectivity index (χ4n) is 3.25. The van der Waals surface area contributed by atoms with Crippen molar-refractivity contribution in [1.29, 1.82) is 0 Å². The van der Waals surface area contributed by atoms with Crippen LogP contribution in [0.25, 0.3) is 5.65 Å². The summed E-state index contributed by atoms with van der Waals surface area (Å²) < 4.78 is 29.3. The Kier molecular flexibility index (Phi) is 3.93. The first-order valence-electron chi connectivity index (χ1n) is 8.04. The number of hydrogen-bond donors (Lipinski definition) is 0. The summed E-state index contributed by atoms with van der Waals surface area (Å²) in [6, 6.07) is 10.00. The van der Waals surface area contributed by atoms with Crippen molar-refractivity contribution in [3.63, 3.8) is 0 Å². The van der Waals surface area contributed by atoms with Gasteiger partial charge in [0.15, 0.2) is 11.5 Å². The van der Waals surface area contributed by atoms with Crippen LogP contribution in [-0.2, 0) is 10.0 Å². The van der Waals surface area contributed by atoms with Gasteiger partial charge in [-0.2, -0.15) is 4.31 Å². The number of non-ortho nitro benzene ring substituents is 1. The number of nitro groups is 1. The van der Waals surface area contributed by atoms with E-state index in [9.17, 15) is 18.5 Å². The van der Waals surface area contributed by atoms with Crippen LogP contribution < -0.4 is 0 Å². The van der Waals surface area contributed by atoms with Crippen LogP contribution in [-0.4, -0.2) is 38.8 Å². The minimum Gasteiger partial charge on any atom is -0.285 e. The summed E-state index contributed by atoms with van der Waals surface area (Å²) in [7, 11) is -3.80. The summed E-state index contributed by atoms with van der Waals surface area (Å²) in [5.41, 5.74) is 0.507. The van der Waals surface area contributed by atoms with Gasteiger partial charge in [-0.1, -0.05) is 6.07 Å². The zero-order valence-electron chi connectivity index (χ0n) is 13.6. The molecule has 0 N–H and O–H groups in total. The molecule has 0 aliphatic carbocycles. The van der Waals surface area contributed by atoms with Crippen LogP contribution in [0.3, 0.4) is 0 Å². The van der Waals surface area contributed by atoms with Crippen LogP contribution in [0.4, 0.5) is 5.69 Å². The smallest absolute Gasteiger partial charge is 0.269 e. The third-order valence-corrected chi connectivity index (χ3v) is 6.42. The Bertz CT molecular complexity index is 1080. The fraction of sp³-hybridized carbons (Fsp3) is 0.250. The molecule has 1 atom stereocenters. The Morgan fingerprint density at radius 1 is 1.12 bits per heavy atom. The van der Waals surface area contributed by atoms with Gasteiger partial charge in [-0.3, -0.25) is 14.5 Å². The van der Waals surface area contributed by atoms with Crippen LogP contribution in [0.15, 0.2) is 53.6 Å². The first-order valence-corrected chi connectivity index (χ1v) is 9.48. The predicted molar refractivity (Wildman–Crippen MR) is 92.0 cm³/mol. The average molecular weight is 373 g/mol. The third-order valence-electron chi connectivity index (χ3n) is 4.50. The molecular weight excluding hydrogens is 358 g/mol. The number of hydrogen-bond acceptors (Lipinski definition) is 6. The maximum absolute atomic E-state index is 13.1. The van der Waals surface area contributed by atoms with E-state index in [4.69, 9.17) is 0 Å². The highest BCUT2D eigenvalue weighted by Gasteiger charge is 2.38. The van der Waals surface area contributed by atoms with Gasteiger partial charge < -0.3 is 0 Å². The van der Waals surface area contributed by atoms with Gasteiger partial charge in [0.05, 0.1) is 15.9 Å². The van der Waals surface area contributed by atoms with Crippen LogP contribution >= 0.6 is 0 Å². The second-order valence-electron chi connectivity index (χ2n) is 6.01. The van der Waals surface area contributed by atoms with Crippen molar-refractivity contribution in [3.05, 3.63) is 64.6 Å². The largest absolute Gasteiger partial charge is 0.285 e. The van der Waals surface area contributed by atoms with Crippen molar-refractivity contribution in [2.75, 3.05) is 6.54 Å². The second-order valence-corrected chi connectivity index (χ2v) is 7.90. The summed E-state index contributed by atoms with van der Waals surface area (Å²) >= 11 is 0. The zero-order valence-corrected chi connectivity index (χ0v) is 14.4. The van der Waals surface area contributed by atoms with Crippen LogP contribution in [0.2, 0.25) is 0 Å². The Morgan fingerprint density at radius 3 is 2.62 bits per heavy atom. The van der Waals surface area contributed by atoms with Crippen molar-refractivity contribution in [3.8, 4) is 0 Å². The molecule has 0 bridgehead atoms. The molecule has 1 unspecified atom stereocenters. The SMILES string of the molecule is O=[N+]([O-])c1ccc(S(=O)(=O)N2CCCC2c2nnc3ccccn23)cc1. The minimum absolute atomic E-state index is 0.0313. The van der Waals surface area contributed by atoms with Gasteiger partial charge in [0.2, 0.25) is 10.0 Å². The van der Waals surface area contributed by atoms with E-state index < -0.39 is 21.0 Å². The molecule has 2 aromatic heterocycles. The number of nitro benzene ring substituents is 1. The number of fused-ring (bicyclic) bond motifs is 1. The highest BCUT2D eigenvalue weighted by molar-refractivity contribution is 7.89. The van der Waals surface area contributed by atoms with E-state index in [0.717, 1.165) is 0 Å². The van der Waals surface area contributed by atoms with Crippen LogP contribution in [0.5, 0.6) is 0 Å². The molecule has 3 heterocycles. The molecule has 0 saturated carbocycles. The first-order chi connectivity index (χ1) is 12.5. The maximum atomic E-state index is 13.1. The van der Waals surface area contributed by atoms with Crippen molar-refractivity contribution < 1.29 is 13.3 Å². The molecule has 1 aliphatic rings. The van der Waals surface area contributed by atoms with E-state index in [1.54, 1.807) is 16.7 Å². The number of pyridine rings is 1. The van der Waals surface area contributed by atoms with E-state index in [2.05, 4.69) is 10.2 Å².